The lowest BCUT2D eigenvalue weighted by molar-refractivity contribution is 0.0809. The highest BCUT2D eigenvalue weighted by Crippen LogP contribution is 2.35. The third-order valence-electron chi connectivity index (χ3n) is 5.75. The third kappa shape index (κ3) is 3.12. The molecule has 5 nitrogen and oxygen atoms in total. The van der Waals surface area contributed by atoms with Crippen LogP contribution in [0.4, 0.5) is 0 Å². The van der Waals surface area contributed by atoms with Crippen molar-refractivity contribution >= 4 is 5.78 Å². The highest BCUT2D eigenvalue weighted by atomic mass is 16.1. The summed E-state index contributed by atoms with van der Waals surface area (Å²) in [7, 11) is 0. The number of benzene rings is 1. The van der Waals surface area contributed by atoms with Crippen LogP contribution >= 0.6 is 0 Å². The largest absolute Gasteiger partial charge is 0.294 e. The van der Waals surface area contributed by atoms with E-state index >= 15 is 0 Å². The molecule has 0 saturated carbocycles. The molecular weight excluding hydrogens is 372 g/mol. The molecular formula is C25H22N4O. The Morgan fingerprint density at radius 2 is 1.80 bits per heavy atom. The van der Waals surface area contributed by atoms with Crippen molar-refractivity contribution in [3.63, 3.8) is 0 Å². The molecule has 148 valence electrons. The van der Waals surface area contributed by atoms with E-state index in [9.17, 15) is 4.79 Å². The summed E-state index contributed by atoms with van der Waals surface area (Å²) >= 11 is 0. The second-order valence-corrected chi connectivity index (χ2v) is 8.31. The van der Waals surface area contributed by atoms with Crippen molar-refractivity contribution in [2.24, 2.45) is 5.41 Å². The lowest BCUT2D eigenvalue weighted by Crippen LogP contribution is -2.31. The molecule has 1 aliphatic carbocycles. The first-order valence-corrected chi connectivity index (χ1v) is 10.1. The summed E-state index contributed by atoms with van der Waals surface area (Å²) < 4.78 is 1.87. The smallest absolute Gasteiger partial charge is 0.170 e. The summed E-state index contributed by atoms with van der Waals surface area (Å²) in [6.07, 6.45) is 5.14. The quantitative estimate of drug-likeness (QED) is 0.482. The van der Waals surface area contributed by atoms with Crippen LogP contribution in [0.5, 0.6) is 0 Å². The summed E-state index contributed by atoms with van der Waals surface area (Å²) in [5.41, 5.74) is 5.74. The van der Waals surface area contributed by atoms with E-state index in [1.165, 1.54) is 0 Å². The van der Waals surface area contributed by atoms with Gasteiger partial charge in [-0.15, -0.1) is 0 Å². The molecule has 1 aliphatic rings. The van der Waals surface area contributed by atoms with Crippen LogP contribution in [0.25, 0.3) is 28.3 Å². The molecule has 3 heterocycles. The van der Waals surface area contributed by atoms with Gasteiger partial charge in [0.1, 0.15) is 0 Å². The number of aryl methyl sites for hydroxylation is 1. The molecule has 0 aliphatic heterocycles. The molecule has 0 fully saturated rings. The Balaban J connectivity index is 1.66. The zero-order valence-corrected chi connectivity index (χ0v) is 17.0. The number of ketones is 1. The molecule has 1 aromatic carbocycles. The molecule has 5 rings (SSSR count). The summed E-state index contributed by atoms with van der Waals surface area (Å²) in [5, 5.41) is 4.85. The van der Waals surface area contributed by atoms with Crippen molar-refractivity contribution in [1.82, 2.24) is 19.7 Å². The van der Waals surface area contributed by atoms with Gasteiger partial charge in [-0.05, 0) is 43.2 Å². The van der Waals surface area contributed by atoms with Gasteiger partial charge in [0.05, 0.1) is 34.7 Å². The van der Waals surface area contributed by atoms with Crippen LogP contribution < -0.4 is 0 Å². The molecule has 0 spiro atoms. The molecule has 4 aromatic rings. The number of Topliss-reactive ketones (excluding diaryl/α,β-unsaturated/α-hetero) is 1. The van der Waals surface area contributed by atoms with Crippen LogP contribution in [0, 0.1) is 5.41 Å². The Morgan fingerprint density at radius 1 is 0.967 bits per heavy atom. The second-order valence-electron chi connectivity index (χ2n) is 8.31. The van der Waals surface area contributed by atoms with Gasteiger partial charge in [0.15, 0.2) is 5.78 Å². The van der Waals surface area contributed by atoms with Gasteiger partial charge in [0.2, 0.25) is 0 Å². The first-order valence-electron chi connectivity index (χ1n) is 10.1. The molecule has 3 aromatic heterocycles. The highest BCUT2D eigenvalue weighted by molar-refractivity contribution is 6.02. The van der Waals surface area contributed by atoms with Crippen molar-refractivity contribution in [3.8, 4) is 28.3 Å². The first-order chi connectivity index (χ1) is 14.5. The van der Waals surface area contributed by atoms with Gasteiger partial charge in [0, 0.05) is 22.7 Å². The van der Waals surface area contributed by atoms with E-state index in [1.807, 2.05) is 79.2 Å². The lowest BCUT2D eigenvalue weighted by atomic mass is 9.75. The fraction of sp³-hybridized carbons (Fsp3) is 0.200. The zero-order valence-electron chi connectivity index (χ0n) is 17.0. The molecule has 5 heteroatoms. The fourth-order valence-electron chi connectivity index (χ4n) is 3.94. The van der Waals surface area contributed by atoms with E-state index in [1.54, 1.807) is 12.4 Å². The number of aromatic nitrogens is 4. The maximum Gasteiger partial charge on any atom is 0.170 e. The van der Waals surface area contributed by atoms with Crippen LogP contribution in [0.3, 0.4) is 0 Å². The van der Waals surface area contributed by atoms with E-state index in [4.69, 9.17) is 10.1 Å². The van der Waals surface area contributed by atoms with Gasteiger partial charge in [0.25, 0.3) is 0 Å². The summed E-state index contributed by atoms with van der Waals surface area (Å²) in [6, 6.07) is 19.8. The lowest BCUT2D eigenvalue weighted by Gasteiger charge is -2.29. The number of rotatable bonds is 3. The SMILES string of the molecule is CC1(C)CCc2nc(-c3cc(-c4ccccc4)nn3-c3cccnc3)ccc2C1=O. The Kier molecular flexibility index (Phi) is 4.31. The van der Waals surface area contributed by atoms with Crippen LogP contribution in [-0.2, 0) is 6.42 Å². The molecule has 0 bridgehead atoms. The van der Waals surface area contributed by atoms with Crippen LogP contribution in [0.2, 0.25) is 0 Å². The highest BCUT2D eigenvalue weighted by Gasteiger charge is 2.35. The predicted molar refractivity (Wildman–Crippen MR) is 116 cm³/mol. The fourth-order valence-corrected chi connectivity index (χ4v) is 3.94. The summed E-state index contributed by atoms with van der Waals surface area (Å²) in [4.78, 5) is 21.9. The minimum absolute atomic E-state index is 0.175. The van der Waals surface area contributed by atoms with Crippen LogP contribution in [0.15, 0.2) is 73.1 Å². The number of fused-ring (bicyclic) bond motifs is 1. The van der Waals surface area contributed by atoms with Gasteiger partial charge in [-0.2, -0.15) is 5.10 Å². The van der Waals surface area contributed by atoms with E-state index in [0.717, 1.165) is 52.4 Å². The second kappa shape index (κ2) is 7.02. The number of hydrogen-bond donors (Lipinski definition) is 0. The van der Waals surface area contributed by atoms with Crippen molar-refractivity contribution < 1.29 is 4.79 Å². The Labute approximate surface area is 175 Å². The number of hydrogen-bond acceptors (Lipinski definition) is 4. The molecule has 0 radical (unpaired) electrons. The molecule has 0 amide bonds. The maximum absolute atomic E-state index is 12.8. The summed E-state index contributed by atoms with van der Waals surface area (Å²) in [5.74, 6) is 0.175. The summed E-state index contributed by atoms with van der Waals surface area (Å²) in [6.45, 7) is 4.02. The molecule has 0 N–H and O–H groups in total. The molecule has 0 saturated heterocycles. The number of carbonyl (C=O) groups excluding carboxylic acids is 1. The molecule has 30 heavy (non-hydrogen) atoms. The topological polar surface area (TPSA) is 60.7 Å². The van der Waals surface area contributed by atoms with Crippen LogP contribution in [-0.4, -0.2) is 25.5 Å². The Bertz CT molecular complexity index is 1230. The van der Waals surface area contributed by atoms with Gasteiger partial charge < -0.3 is 0 Å². The number of nitrogens with zero attached hydrogens (tertiary/aromatic N) is 4. The predicted octanol–water partition coefficient (Wildman–Crippen LogP) is 5.15. The normalized spacial score (nSPS) is 15.1. The van der Waals surface area contributed by atoms with Crippen molar-refractivity contribution in [2.75, 3.05) is 0 Å². The van der Waals surface area contributed by atoms with Gasteiger partial charge >= 0.3 is 0 Å². The van der Waals surface area contributed by atoms with Gasteiger partial charge in [-0.1, -0.05) is 44.2 Å². The average molecular weight is 394 g/mol. The molecule has 0 atom stereocenters. The van der Waals surface area contributed by atoms with Gasteiger partial charge in [-0.25, -0.2) is 4.68 Å². The maximum atomic E-state index is 12.8. The third-order valence-corrected chi connectivity index (χ3v) is 5.75. The Morgan fingerprint density at radius 3 is 2.57 bits per heavy atom. The Hall–Kier alpha value is -3.60. The number of carbonyl (C=O) groups is 1. The average Bonchev–Trinajstić information content (AvgIpc) is 3.23. The molecule has 0 unspecified atom stereocenters. The first kappa shape index (κ1) is 18.4. The van der Waals surface area contributed by atoms with Crippen LogP contribution in [0.1, 0.15) is 36.3 Å². The standard InChI is InChI=1S/C25H22N4O/c1-25(2)13-12-20-19(24(25)30)10-11-21(27-20)23-15-22(17-7-4-3-5-8-17)28-29(23)18-9-6-14-26-16-18/h3-11,14-16H,12-13H2,1-2H3. The zero-order chi connectivity index (χ0) is 20.7. The van der Waals surface area contributed by atoms with Gasteiger partial charge in [-0.3, -0.25) is 14.8 Å². The van der Waals surface area contributed by atoms with E-state index < -0.39 is 0 Å². The van der Waals surface area contributed by atoms with Crippen molar-refractivity contribution in [3.05, 3.63) is 84.3 Å². The minimum Gasteiger partial charge on any atom is -0.294 e. The van der Waals surface area contributed by atoms with Crippen molar-refractivity contribution in [1.29, 1.82) is 0 Å². The monoisotopic (exact) mass is 394 g/mol. The van der Waals surface area contributed by atoms with E-state index in [0.29, 0.717) is 0 Å². The minimum atomic E-state index is -0.325. The van der Waals surface area contributed by atoms with E-state index in [2.05, 4.69) is 4.98 Å². The number of pyridine rings is 2. The van der Waals surface area contributed by atoms with Crippen molar-refractivity contribution in [2.45, 2.75) is 26.7 Å². The van der Waals surface area contributed by atoms with E-state index in [-0.39, 0.29) is 11.2 Å².